The number of amides is 1. The molecule has 2 aliphatic rings. The van der Waals surface area contributed by atoms with Gasteiger partial charge in [-0.05, 0) is 48.5 Å². The van der Waals surface area contributed by atoms with E-state index in [2.05, 4.69) is 11.4 Å². The van der Waals surface area contributed by atoms with E-state index in [1.807, 2.05) is 41.7 Å². The highest BCUT2D eigenvalue weighted by Crippen LogP contribution is 2.44. The van der Waals surface area contributed by atoms with E-state index in [4.69, 9.17) is 0 Å². The lowest BCUT2D eigenvalue weighted by Crippen LogP contribution is -2.42. The number of nitrogens with zero attached hydrogens (tertiary/aromatic N) is 1. The maximum atomic E-state index is 12.5. The van der Waals surface area contributed by atoms with Crippen LogP contribution in [0, 0.1) is 0 Å². The molecule has 5 nitrogen and oxygen atoms in total. The molecule has 2 saturated heterocycles. The molecule has 0 saturated carbocycles. The number of carbonyl (C=O) groups is 1. The van der Waals surface area contributed by atoms with Crippen molar-refractivity contribution in [2.75, 3.05) is 29.6 Å². The SMILES string of the molecule is CS(=O)(=O)N1CCC[C@@H]1C(=O)Nc1cccc(C2SCCCS2)c1. The van der Waals surface area contributed by atoms with Crippen LogP contribution in [0.2, 0.25) is 0 Å². The van der Waals surface area contributed by atoms with E-state index in [0.717, 1.165) is 18.4 Å². The molecule has 1 N–H and O–H groups in total. The third-order valence-corrected chi connectivity index (χ3v) is 8.49. The Hall–Kier alpha value is -0.700. The first-order chi connectivity index (χ1) is 11.4. The van der Waals surface area contributed by atoms with Crippen LogP contribution < -0.4 is 5.32 Å². The number of benzene rings is 1. The Morgan fingerprint density at radius 3 is 2.71 bits per heavy atom. The lowest BCUT2D eigenvalue weighted by molar-refractivity contribution is -0.119. The van der Waals surface area contributed by atoms with E-state index in [0.29, 0.717) is 17.5 Å². The van der Waals surface area contributed by atoms with Crippen LogP contribution in [-0.2, 0) is 14.8 Å². The van der Waals surface area contributed by atoms with Crippen molar-refractivity contribution in [3.05, 3.63) is 29.8 Å². The van der Waals surface area contributed by atoms with Gasteiger partial charge in [0.2, 0.25) is 15.9 Å². The summed E-state index contributed by atoms with van der Waals surface area (Å²) < 4.78 is 25.3. The van der Waals surface area contributed by atoms with Crippen LogP contribution in [0.15, 0.2) is 24.3 Å². The van der Waals surface area contributed by atoms with Crippen LogP contribution in [-0.4, -0.2) is 49.0 Å². The standard InChI is InChI=1S/C16H22N2O3S3/c1-24(20,21)18-8-3-7-14(18)15(19)17-13-6-2-5-12(11-13)16-22-9-4-10-23-16/h2,5-6,11,14,16H,3-4,7-10H2,1H3,(H,17,19)/t14-/m1/s1. The van der Waals surface area contributed by atoms with Crippen molar-refractivity contribution >= 4 is 45.1 Å². The predicted molar refractivity (Wildman–Crippen MR) is 102 cm³/mol. The van der Waals surface area contributed by atoms with Crippen molar-refractivity contribution in [3.8, 4) is 0 Å². The highest BCUT2D eigenvalue weighted by atomic mass is 32.2. The minimum Gasteiger partial charge on any atom is -0.325 e. The van der Waals surface area contributed by atoms with Crippen molar-refractivity contribution in [2.45, 2.75) is 29.9 Å². The minimum absolute atomic E-state index is 0.237. The highest BCUT2D eigenvalue weighted by molar-refractivity contribution is 8.16. The van der Waals surface area contributed by atoms with Gasteiger partial charge in [-0.3, -0.25) is 4.79 Å². The zero-order chi connectivity index (χ0) is 17.2. The third kappa shape index (κ3) is 4.28. The summed E-state index contributed by atoms with van der Waals surface area (Å²) >= 11 is 3.87. The second-order valence-corrected chi connectivity index (χ2v) is 10.7. The molecule has 0 bridgehead atoms. The van der Waals surface area contributed by atoms with Gasteiger partial charge in [0.05, 0.1) is 10.8 Å². The monoisotopic (exact) mass is 386 g/mol. The van der Waals surface area contributed by atoms with Crippen LogP contribution in [0.1, 0.15) is 29.4 Å². The van der Waals surface area contributed by atoms with Gasteiger partial charge < -0.3 is 5.32 Å². The summed E-state index contributed by atoms with van der Waals surface area (Å²) in [6.45, 7) is 0.423. The number of thioether (sulfide) groups is 2. The Morgan fingerprint density at radius 1 is 1.25 bits per heavy atom. The van der Waals surface area contributed by atoms with Gasteiger partial charge >= 0.3 is 0 Å². The second kappa shape index (κ2) is 7.68. The van der Waals surface area contributed by atoms with E-state index >= 15 is 0 Å². The fourth-order valence-electron chi connectivity index (χ4n) is 3.07. The number of anilines is 1. The lowest BCUT2D eigenvalue weighted by atomic mass is 10.2. The number of sulfonamides is 1. The molecule has 1 aromatic carbocycles. The normalized spacial score (nSPS) is 23.3. The fraction of sp³-hybridized carbons (Fsp3) is 0.562. The Kier molecular flexibility index (Phi) is 5.79. The Balaban J connectivity index is 1.70. The Morgan fingerprint density at radius 2 is 2.00 bits per heavy atom. The van der Waals surface area contributed by atoms with Gasteiger partial charge in [-0.25, -0.2) is 8.42 Å². The van der Waals surface area contributed by atoms with Gasteiger partial charge in [0.1, 0.15) is 6.04 Å². The molecule has 3 rings (SSSR count). The van der Waals surface area contributed by atoms with Gasteiger partial charge in [-0.15, -0.1) is 23.5 Å². The summed E-state index contributed by atoms with van der Waals surface area (Å²) in [6, 6.07) is 7.31. The zero-order valence-corrected chi connectivity index (χ0v) is 16.1. The molecular weight excluding hydrogens is 364 g/mol. The summed E-state index contributed by atoms with van der Waals surface area (Å²) in [6.07, 6.45) is 3.70. The average Bonchev–Trinajstić information content (AvgIpc) is 3.06. The molecular formula is C16H22N2O3S3. The van der Waals surface area contributed by atoms with E-state index in [1.165, 1.54) is 27.8 Å². The Bertz CT molecular complexity index is 702. The van der Waals surface area contributed by atoms with Gasteiger partial charge in [0.25, 0.3) is 0 Å². The number of hydrogen-bond acceptors (Lipinski definition) is 5. The first kappa shape index (κ1) is 18.1. The summed E-state index contributed by atoms with van der Waals surface area (Å²) in [7, 11) is -3.35. The van der Waals surface area contributed by atoms with Crippen LogP contribution in [0.5, 0.6) is 0 Å². The maximum absolute atomic E-state index is 12.5. The topological polar surface area (TPSA) is 66.5 Å². The molecule has 0 spiro atoms. The summed E-state index contributed by atoms with van der Waals surface area (Å²) in [4.78, 5) is 12.5. The van der Waals surface area contributed by atoms with E-state index in [9.17, 15) is 13.2 Å². The zero-order valence-electron chi connectivity index (χ0n) is 13.6. The molecule has 2 fully saturated rings. The first-order valence-electron chi connectivity index (χ1n) is 8.06. The average molecular weight is 387 g/mol. The molecule has 1 aromatic rings. The molecule has 1 amide bonds. The smallest absolute Gasteiger partial charge is 0.242 e. The van der Waals surface area contributed by atoms with E-state index in [1.54, 1.807) is 0 Å². The van der Waals surface area contributed by atoms with Crippen LogP contribution in [0.25, 0.3) is 0 Å². The first-order valence-corrected chi connectivity index (χ1v) is 12.0. The fourth-order valence-corrected chi connectivity index (χ4v) is 7.07. The molecule has 0 aromatic heterocycles. The summed E-state index contributed by atoms with van der Waals surface area (Å²) in [5.41, 5.74) is 1.94. The highest BCUT2D eigenvalue weighted by Gasteiger charge is 2.36. The van der Waals surface area contributed by atoms with Crippen molar-refractivity contribution in [1.29, 1.82) is 0 Å². The quantitative estimate of drug-likeness (QED) is 0.862. The maximum Gasteiger partial charge on any atom is 0.242 e. The molecule has 132 valence electrons. The second-order valence-electron chi connectivity index (χ2n) is 6.07. The predicted octanol–water partition coefficient (Wildman–Crippen LogP) is 2.92. The number of nitrogens with one attached hydrogen (secondary N) is 1. The number of rotatable bonds is 4. The Labute approximate surface area is 152 Å². The summed E-state index contributed by atoms with van der Waals surface area (Å²) in [5, 5.41) is 2.90. The van der Waals surface area contributed by atoms with Gasteiger partial charge in [0, 0.05) is 12.2 Å². The molecule has 0 unspecified atom stereocenters. The molecule has 8 heteroatoms. The van der Waals surface area contributed by atoms with Crippen molar-refractivity contribution < 1.29 is 13.2 Å². The largest absolute Gasteiger partial charge is 0.325 e. The van der Waals surface area contributed by atoms with Gasteiger partial charge in [-0.2, -0.15) is 4.31 Å². The lowest BCUT2D eigenvalue weighted by Gasteiger charge is -2.23. The van der Waals surface area contributed by atoms with E-state index in [-0.39, 0.29) is 5.91 Å². The molecule has 2 heterocycles. The van der Waals surface area contributed by atoms with Gasteiger partial charge in [0.15, 0.2) is 0 Å². The van der Waals surface area contributed by atoms with Crippen molar-refractivity contribution in [3.63, 3.8) is 0 Å². The minimum atomic E-state index is -3.35. The van der Waals surface area contributed by atoms with E-state index < -0.39 is 16.1 Å². The molecule has 0 aliphatic carbocycles. The molecule has 0 radical (unpaired) electrons. The molecule has 1 atom stereocenters. The number of hydrogen-bond donors (Lipinski definition) is 1. The molecule has 24 heavy (non-hydrogen) atoms. The van der Waals surface area contributed by atoms with Crippen LogP contribution in [0.3, 0.4) is 0 Å². The van der Waals surface area contributed by atoms with Crippen LogP contribution in [0.4, 0.5) is 5.69 Å². The summed E-state index contributed by atoms with van der Waals surface area (Å²) in [5.74, 6) is 2.10. The van der Waals surface area contributed by atoms with Crippen LogP contribution >= 0.6 is 23.5 Å². The van der Waals surface area contributed by atoms with Crippen molar-refractivity contribution in [2.24, 2.45) is 0 Å². The number of carbonyl (C=O) groups excluding carboxylic acids is 1. The van der Waals surface area contributed by atoms with Crippen molar-refractivity contribution in [1.82, 2.24) is 4.31 Å². The molecule has 2 aliphatic heterocycles. The third-order valence-electron chi connectivity index (χ3n) is 4.19. The van der Waals surface area contributed by atoms with Gasteiger partial charge in [-0.1, -0.05) is 12.1 Å².